The number of nitrogens with one attached hydrogen (secondary N) is 2. The zero-order valence-electron chi connectivity index (χ0n) is 12.6. The standard InChI is InChI=1S/C17H26N2O/c1-3-5-6-7-10-13(4-2)16-18-15-12-9-8-11-14(15)17(20)19-16/h8-9,11-13,16,18H,3-7,10H2,1-2H3,(H,19,20). The zero-order chi connectivity index (χ0) is 14.4. The molecule has 2 unspecified atom stereocenters. The number of carbonyl (C=O) groups is 1. The molecule has 1 aromatic rings. The highest BCUT2D eigenvalue weighted by atomic mass is 16.2. The third kappa shape index (κ3) is 3.53. The Hall–Kier alpha value is -1.51. The third-order valence-electron chi connectivity index (χ3n) is 4.19. The summed E-state index contributed by atoms with van der Waals surface area (Å²) >= 11 is 0. The average molecular weight is 274 g/mol. The number of carbonyl (C=O) groups excluding carboxylic acids is 1. The van der Waals surface area contributed by atoms with Gasteiger partial charge in [-0.3, -0.25) is 4.79 Å². The number of anilines is 1. The van der Waals surface area contributed by atoms with Crippen LogP contribution >= 0.6 is 0 Å². The Bertz CT molecular complexity index is 444. The molecule has 0 aromatic heterocycles. The topological polar surface area (TPSA) is 41.1 Å². The fourth-order valence-electron chi connectivity index (χ4n) is 2.91. The Morgan fingerprint density at radius 2 is 1.90 bits per heavy atom. The van der Waals surface area contributed by atoms with E-state index in [1.54, 1.807) is 0 Å². The van der Waals surface area contributed by atoms with Gasteiger partial charge in [0.1, 0.15) is 6.17 Å². The third-order valence-corrected chi connectivity index (χ3v) is 4.19. The van der Waals surface area contributed by atoms with Gasteiger partial charge >= 0.3 is 0 Å². The van der Waals surface area contributed by atoms with Crippen LogP contribution in [-0.2, 0) is 0 Å². The van der Waals surface area contributed by atoms with E-state index in [1.807, 2.05) is 24.3 Å². The number of unbranched alkanes of at least 4 members (excludes halogenated alkanes) is 3. The Balaban J connectivity index is 1.97. The van der Waals surface area contributed by atoms with Gasteiger partial charge in [0.25, 0.3) is 5.91 Å². The monoisotopic (exact) mass is 274 g/mol. The minimum absolute atomic E-state index is 0.0522. The van der Waals surface area contributed by atoms with Gasteiger partial charge < -0.3 is 10.6 Å². The molecule has 1 amide bonds. The number of rotatable bonds is 7. The number of benzene rings is 1. The number of para-hydroxylation sites is 1. The Labute approximate surface area is 122 Å². The molecule has 0 saturated carbocycles. The molecule has 1 heterocycles. The Kier molecular flexibility index (Phi) is 5.45. The van der Waals surface area contributed by atoms with E-state index >= 15 is 0 Å². The lowest BCUT2D eigenvalue weighted by Crippen LogP contribution is -2.49. The molecule has 20 heavy (non-hydrogen) atoms. The summed E-state index contributed by atoms with van der Waals surface area (Å²) in [5.74, 6) is 0.556. The van der Waals surface area contributed by atoms with Gasteiger partial charge in [-0.2, -0.15) is 0 Å². The van der Waals surface area contributed by atoms with Gasteiger partial charge in [-0.05, 0) is 30.9 Å². The van der Waals surface area contributed by atoms with Crippen LogP contribution < -0.4 is 10.6 Å². The average Bonchev–Trinajstić information content (AvgIpc) is 2.47. The Morgan fingerprint density at radius 1 is 1.10 bits per heavy atom. The highest BCUT2D eigenvalue weighted by molar-refractivity contribution is 6.01. The molecule has 3 heteroatoms. The first-order valence-corrected chi connectivity index (χ1v) is 7.92. The van der Waals surface area contributed by atoms with Crippen molar-refractivity contribution in [3.8, 4) is 0 Å². The maximum atomic E-state index is 12.1. The maximum absolute atomic E-state index is 12.1. The van der Waals surface area contributed by atoms with Crippen molar-refractivity contribution in [2.75, 3.05) is 5.32 Å². The van der Waals surface area contributed by atoms with Gasteiger partial charge in [-0.1, -0.05) is 51.7 Å². The van der Waals surface area contributed by atoms with Crippen molar-refractivity contribution in [2.45, 2.75) is 58.5 Å². The quantitative estimate of drug-likeness (QED) is 0.733. The first kappa shape index (κ1) is 14.9. The lowest BCUT2D eigenvalue weighted by atomic mass is 9.93. The van der Waals surface area contributed by atoms with E-state index in [2.05, 4.69) is 24.5 Å². The molecule has 0 fully saturated rings. The van der Waals surface area contributed by atoms with Crippen molar-refractivity contribution in [3.63, 3.8) is 0 Å². The number of hydrogen-bond acceptors (Lipinski definition) is 2. The van der Waals surface area contributed by atoms with E-state index in [9.17, 15) is 4.79 Å². The van der Waals surface area contributed by atoms with Crippen LogP contribution in [0.3, 0.4) is 0 Å². The molecule has 1 aromatic carbocycles. The molecule has 0 radical (unpaired) electrons. The minimum Gasteiger partial charge on any atom is -0.364 e. The van der Waals surface area contributed by atoms with Crippen molar-refractivity contribution in [3.05, 3.63) is 29.8 Å². The van der Waals surface area contributed by atoms with Crippen LogP contribution in [0.25, 0.3) is 0 Å². The molecule has 0 saturated heterocycles. The lowest BCUT2D eigenvalue weighted by molar-refractivity contribution is 0.0919. The lowest BCUT2D eigenvalue weighted by Gasteiger charge is -2.33. The fraction of sp³-hybridized carbons (Fsp3) is 0.588. The fourth-order valence-corrected chi connectivity index (χ4v) is 2.91. The molecule has 0 bridgehead atoms. The van der Waals surface area contributed by atoms with Crippen molar-refractivity contribution >= 4 is 11.6 Å². The van der Waals surface area contributed by atoms with Crippen LogP contribution in [0.5, 0.6) is 0 Å². The normalized spacial score (nSPS) is 18.9. The predicted molar refractivity (Wildman–Crippen MR) is 83.9 cm³/mol. The van der Waals surface area contributed by atoms with Crippen molar-refractivity contribution < 1.29 is 4.79 Å². The second-order valence-electron chi connectivity index (χ2n) is 5.66. The molecule has 2 N–H and O–H groups in total. The summed E-state index contributed by atoms with van der Waals surface area (Å²) in [6.07, 6.45) is 7.46. The summed E-state index contributed by atoms with van der Waals surface area (Å²) in [5, 5.41) is 6.60. The summed E-state index contributed by atoms with van der Waals surface area (Å²) in [7, 11) is 0. The first-order valence-electron chi connectivity index (χ1n) is 7.92. The van der Waals surface area contributed by atoms with Crippen LogP contribution in [0.4, 0.5) is 5.69 Å². The molecule has 110 valence electrons. The van der Waals surface area contributed by atoms with Gasteiger partial charge in [0.2, 0.25) is 0 Å². The predicted octanol–water partition coefficient (Wildman–Crippen LogP) is 4.16. The Morgan fingerprint density at radius 3 is 2.65 bits per heavy atom. The van der Waals surface area contributed by atoms with E-state index in [-0.39, 0.29) is 12.1 Å². The van der Waals surface area contributed by atoms with E-state index in [4.69, 9.17) is 0 Å². The molecule has 2 rings (SSSR count). The van der Waals surface area contributed by atoms with Crippen molar-refractivity contribution in [2.24, 2.45) is 5.92 Å². The van der Waals surface area contributed by atoms with Crippen LogP contribution in [0.15, 0.2) is 24.3 Å². The van der Waals surface area contributed by atoms with E-state index in [1.165, 1.54) is 32.1 Å². The van der Waals surface area contributed by atoms with Crippen LogP contribution in [-0.4, -0.2) is 12.1 Å². The van der Waals surface area contributed by atoms with Gasteiger partial charge in [-0.25, -0.2) is 0 Å². The molecular formula is C17H26N2O. The van der Waals surface area contributed by atoms with Crippen LogP contribution in [0.2, 0.25) is 0 Å². The molecule has 1 aliphatic heterocycles. The van der Waals surface area contributed by atoms with E-state index < -0.39 is 0 Å². The van der Waals surface area contributed by atoms with Gasteiger partial charge in [0, 0.05) is 5.69 Å². The summed E-state index contributed by atoms with van der Waals surface area (Å²) in [4.78, 5) is 12.1. The number of hydrogen-bond donors (Lipinski definition) is 2. The molecule has 0 spiro atoms. The second kappa shape index (κ2) is 7.32. The molecular weight excluding hydrogens is 248 g/mol. The minimum atomic E-state index is 0.0522. The first-order chi connectivity index (χ1) is 9.76. The van der Waals surface area contributed by atoms with Gasteiger partial charge in [0.15, 0.2) is 0 Å². The number of amides is 1. The van der Waals surface area contributed by atoms with E-state index in [0.29, 0.717) is 5.92 Å². The van der Waals surface area contributed by atoms with Crippen LogP contribution in [0.1, 0.15) is 62.7 Å². The summed E-state index contributed by atoms with van der Waals surface area (Å²) in [6, 6.07) is 7.74. The van der Waals surface area contributed by atoms with Crippen molar-refractivity contribution in [1.82, 2.24) is 5.32 Å². The highest BCUT2D eigenvalue weighted by Gasteiger charge is 2.27. The summed E-state index contributed by atoms with van der Waals surface area (Å²) < 4.78 is 0. The largest absolute Gasteiger partial charge is 0.364 e. The second-order valence-corrected chi connectivity index (χ2v) is 5.66. The smallest absolute Gasteiger partial charge is 0.254 e. The molecule has 0 aliphatic carbocycles. The van der Waals surface area contributed by atoms with Gasteiger partial charge in [0.05, 0.1) is 5.56 Å². The van der Waals surface area contributed by atoms with E-state index in [0.717, 1.165) is 17.7 Å². The highest BCUT2D eigenvalue weighted by Crippen LogP contribution is 2.26. The van der Waals surface area contributed by atoms with Gasteiger partial charge in [-0.15, -0.1) is 0 Å². The zero-order valence-corrected chi connectivity index (χ0v) is 12.6. The maximum Gasteiger partial charge on any atom is 0.254 e. The summed E-state index contributed by atoms with van der Waals surface area (Å²) in [5.41, 5.74) is 1.72. The summed E-state index contributed by atoms with van der Waals surface area (Å²) in [6.45, 7) is 4.44. The SMILES string of the molecule is CCCCCCC(CC)C1NC(=O)c2ccccc2N1. The van der Waals surface area contributed by atoms with Crippen molar-refractivity contribution in [1.29, 1.82) is 0 Å². The molecule has 2 atom stereocenters. The van der Waals surface area contributed by atoms with Crippen LogP contribution in [0, 0.1) is 5.92 Å². The molecule has 3 nitrogen and oxygen atoms in total. The number of fused-ring (bicyclic) bond motifs is 1. The molecule has 1 aliphatic rings.